The predicted octanol–water partition coefficient (Wildman–Crippen LogP) is 5.16. The maximum absolute atomic E-state index is 13.2. The molecule has 0 aliphatic rings. The van der Waals surface area contributed by atoms with Crippen LogP contribution < -0.4 is 14.2 Å². The Morgan fingerprint density at radius 1 is 0.805 bits per heavy atom. The van der Waals surface area contributed by atoms with Crippen molar-refractivity contribution < 1.29 is 32.1 Å². The molecular weight excluding hydrogens is 545 g/mol. The minimum Gasteiger partial charge on any atom is -0.493 e. The molecule has 216 valence electrons. The number of methoxy groups -OCH3 is 2. The van der Waals surface area contributed by atoms with Crippen LogP contribution >= 0.6 is 0 Å². The molecule has 0 heterocycles. The second-order valence-electron chi connectivity index (χ2n) is 9.55. The maximum atomic E-state index is 13.2. The van der Waals surface area contributed by atoms with Crippen LogP contribution in [0.3, 0.4) is 0 Å². The monoisotopic (exact) mass is 579 g/mol. The highest BCUT2D eigenvalue weighted by molar-refractivity contribution is 7.91. The molecule has 4 aromatic rings. The van der Waals surface area contributed by atoms with E-state index < -0.39 is 15.9 Å². The Balaban J connectivity index is 1.41. The fourth-order valence-electron chi connectivity index (χ4n) is 4.39. The molecule has 7 nitrogen and oxygen atoms in total. The van der Waals surface area contributed by atoms with Crippen LogP contribution in [0.2, 0.25) is 0 Å². The van der Waals surface area contributed by atoms with Crippen LogP contribution in [-0.2, 0) is 22.8 Å². The normalized spacial score (nSPS) is 12.2. The molecule has 9 heteroatoms. The number of rotatable bonds is 14. The molecular formula is C32H34FNO6S. The molecule has 0 amide bonds. The highest BCUT2D eigenvalue weighted by atomic mass is 32.2. The zero-order valence-corrected chi connectivity index (χ0v) is 23.9. The van der Waals surface area contributed by atoms with Gasteiger partial charge < -0.3 is 19.3 Å². The van der Waals surface area contributed by atoms with Gasteiger partial charge in [-0.25, -0.2) is 12.8 Å². The van der Waals surface area contributed by atoms with E-state index in [9.17, 15) is 17.9 Å². The minimum absolute atomic E-state index is 0.0691. The van der Waals surface area contributed by atoms with Gasteiger partial charge in [-0.05, 0) is 66.1 Å². The summed E-state index contributed by atoms with van der Waals surface area (Å²) in [6, 6.07) is 27.0. The smallest absolute Gasteiger partial charge is 0.206 e. The molecule has 1 atom stereocenters. The van der Waals surface area contributed by atoms with Crippen molar-refractivity contribution in [2.45, 2.75) is 28.9 Å². The molecule has 0 saturated carbocycles. The summed E-state index contributed by atoms with van der Waals surface area (Å²) in [6.07, 6.45) is -0.118. The lowest BCUT2D eigenvalue weighted by atomic mass is 10.1. The number of ether oxygens (including phenoxy) is 3. The number of aliphatic hydroxyl groups is 1. The van der Waals surface area contributed by atoms with Crippen molar-refractivity contribution in [2.75, 3.05) is 33.9 Å². The van der Waals surface area contributed by atoms with Gasteiger partial charge in [0, 0.05) is 25.7 Å². The Morgan fingerprint density at radius 2 is 1.46 bits per heavy atom. The summed E-state index contributed by atoms with van der Waals surface area (Å²) in [4.78, 5) is 2.43. The fourth-order valence-corrected chi connectivity index (χ4v) is 5.67. The van der Waals surface area contributed by atoms with Gasteiger partial charge in [0.2, 0.25) is 9.84 Å². The van der Waals surface area contributed by atoms with Crippen molar-refractivity contribution in [3.8, 4) is 17.2 Å². The van der Waals surface area contributed by atoms with E-state index in [1.807, 2.05) is 42.5 Å². The van der Waals surface area contributed by atoms with Gasteiger partial charge >= 0.3 is 0 Å². The lowest BCUT2D eigenvalue weighted by Crippen LogP contribution is -2.36. The molecule has 0 fully saturated rings. The summed E-state index contributed by atoms with van der Waals surface area (Å²) in [5.74, 6) is 0.935. The minimum atomic E-state index is -3.75. The quantitative estimate of drug-likeness (QED) is 0.221. The summed E-state index contributed by atoms with van der Waals surface area (Å²) in [5.41, 5.74) is 2.07. The van der Waals surface area contributed by atoms with Crippen molar-refractivity contribution in [3.63, 3.8) is 0 Å². The number of aliphatic hydroxyl groups excluding tert-OH is 1. The van der Waals surface area contributed by atoms with Gasteiger partial charge in [-0.3, -0.25) is 4.90 Å². The molecule has 0 bridgehead atoms. The van der Waals surface area contributed by atoms with Gasteiger partial charge in [0.05, 0.1) is 24.0 Å². The highest BCUT2D eigenvalue weighted by Crippen LogP contribution is 2.32. The van der Waals surface area contributed by atoms with E-state index in [0.29, 0.717) is 43.3 Å². The Morgan fingerprint density at radius 3 is 2.12 bits per heavy atom. The van der Waals surface area contributed by atoms with Gasteiger partial charge in [0.1, 0.15) is 24.3 Å². The molecule has 0 aromatic heterocycles. The lowest BCUT2D eigenvalue weighted by molar-refractivity contribution is 0.0659. The molecule has 0 radical (unpaired) electrons. The molecule has 4 rings (SSSR count). The van der Waals surface area contributed by atoms with Crippen LogP contribution in [0.25, 0.3) is 0 Å². The summed E-state index contributed by atoms with van der Waals surface area (Å²) < 4.78 is 55.7. The third kappa shape index (κ3) is 8.29. The summed E-state index contributed by atoms with van der Waals surface area (Å²) in [5, 5.41) is 10.7. The first-order valence-corrected chi connectivity index (χ1v) is 14.7. The van der Waals surface area contributed by atoms with E-state index in [1.54, 1.807) is 18.2 Å². The van der Waals surface area contributed by atoms with E-state index in [2.05, 4.69) is 4.90 Å². The maximum Gasteiger partial charge on any atom is 0.206 e. The Labute approximate surface area is 240 Å². The number of nitrogens with zero attached hydrogens (tertiary/aromatic N) is 1. The lowest BCUT2D eigenvalue weighted by Gasteiger charge is -2.25. The highest BCUT2D eigenvalue weighted by Gasteiger charge is 2.20. The van der Waals surface area contributed by atoms with Crippen LogP contribution in [0, 0.1) is 5.82 Å². The first-order chi connectivity index (χ1) is 19.8. The van der Waals surface area contributed by atoms with E-state index in [1.165, 1.54) is 50.6 Å². The van der Waals surface area contributed by atoms with E-state index in [-0.39, 0.29) is 22.2 Å². The van der Waals surface area contributed by atoms with E-state index in [0.717, 1.165) is 11.1 Å². The zero-order chi connectivity index (χ0) is 29.2. The van der Waals surface area contributed by atoms with Gasteiger partial charge in [-0.2, -0.15) is 0 Å². The molecule has 1 unspecified atom stereocenters. The third-order valence-electron chi connectivity index (χ3n) is 6.59. The van der Waals surface area contributed by atoms with Gasteiger partial charge in [-0.15, -0.1) is 0 Å². The Bertz CT molecular complexity index is 1500. The predicted molar refractivity (Wildman–Crippen MR) is 155 cm³/mol. The standard InChI is InChI=1S/C32H34FNO6S/c1-38-31-17-16-30(20-32(31)39-2)41(36,37)29-14-8-24(9-15-29)18-19-34(21-25-6-4-3-5-7-25)22-27(35)23-40-28-12-10-26(33)11-13-28/h3-17,20,27,35H,18-19,21-23H2,1-2H3. The van der Waals surface area contributed by atoms with Crippen LogP contribution in [-0.4, -0.2) is 58.4 Å². The summed E-state index contributed by atoms with van der Waals surface area (Å²) in [6.45, 7) is 1.69. The average Bonchev–Trinajstić information content (AvgIpc) is 3.00. The Hall–Kier alpha value is -3.92. The van der Waals surface area contributed by atoms with Crippen molar-refractivity contribution >= 4 is 9.84 Å². The van der Waals surface area contributed by atoms with Crippen molar-refractivity contribution in [1.82, 2.24) is 4.90 Å². The number of benzene rings is 4. The van der Waals surface area contributed by atoms with Crippen LogP contribution in [0.1, 0.15) is 11.1 Å². The molecule has 4 aromatic carbocycles. The molecule has 0 aliphatic carbocycles. The van der Waals surface area contributed by atoms with E-state index in [4.69, 9.17) is 14.2 Å². The topological polar surface area (TPSA) is 85.3 Å². The second-order valence-corrected chi connectivity index (χ2v) is 11.5. The molecule has 1 N–H and O–H groups in total. The van der Waals surface area contributed by atoms with Gasteiger partial charge in [-0.1, -0.05) is 42.5 Å². The molecule has 0 spiro atoms. The Kier molecular flexibility index (Phi) is 10.3. The first kappa shape index (κ1) is 30.0. The largest absolute Gasteiger partial charge is 0.493 e. The van der Waals surface area contributed by atoms with Crippen LogP contribution in [0.5, 0.6) is 17.2 Å². The summed E-state index contributed by atoms with van der Waals surface area (Å²) >= 11 is 0. The third-order valence-corrected chi connectivity index (χ3v) is 8.36. The van der Waals surface area contributed by atoms with Crippen molar-refractivity contribution in [3.05, 3.63) is 114 Å². The van der Waals surface area contributed by atoms with E-state index >= 15 is 0 Å². The van der Waals surface area contributed by atoms with Crippen molar-refractivity contribution in [1.29, 1.82) is 0 Å². The van der Waals surface area contributed by atoms with Gasteiger partial charge in [0.25, 0.3) is 0 Å². The first-order valence-electron chi connectivity index (χ1n) is 13.2. The zero-order valence-electron chi connectivity index (χ0n) is 23.1. The average molecular weight is 580 g/mol. The molecule has 41 heavy (non-hydrogen) atoms. The van der Waals surface area contributed by atoms with Crippen molar-refractivity contribution in [2.24, 2.45) is 0 Å². The molecule has 0 saturated heterocycles. The molecule has 0 aliphatic heterocycles. The number of hydrogen-bond acceptors (Lipinski definition) is 7. The second kappa shape index (κ2) is 14.1. The van der Waals surface area contributed by atoms with Gasteiger partial charge in [0.15, 0.2) is 11.5 Å². The number of hydrogen-bond donors (Lipinski definition) is 1. The number of sulfone groups is 1. The SMILES string of the molecule is COc1ccc(S(=O)(=O)c2ccc(CCN(Cc3ccccc3)CC(O)COc3ccc(F)cc3)cc2)cc1OC. The number of halogens is 1. The summed E-state index contributed by atoms with van der Waals surface area (Å²) in [7, 11) is -0.792. The van der Waals surface area contributed by atoms with Crippen LogP contribution in [0.4, 0.5) is 4.39 Å². The van der Waals surface area contributed by atoms with Crippen LogP contribution in [0.15, 0.2) is 107 Å². The fraction of sp³-hybridized carbons (Fsp3) is 0.250.